The van der Waals surface area contributed by atoms with Gasteiger partial charge in [0.25, 0.3) is 0 Å². The molecule has 30 heavy (non-hydrogen) atoms. The van der Waals surface area contributed by atoms with E-state index in [1.165, 1.54) is 11.8 Å². The Morgan fingerprint density at radius 2 is 1.70 bits per heavy atom. The van der Waals surface area contributed by atoms with E-state index in [1.54, 1.807) is 13.3 Å². The molecule has 0 fully saturated rings. The first-order valence-electron chi connectivity index (χ1n) is 9.58. The Hall–Kier alpha value is -3.31. The summed E-state index contributed by atoms with van der Waals surface area (Å²) in [4.78, 5) is 18.1. The SMILES string of the molecule is COc1ccc2c(SCC(=O)c3ccc(OCc4ccccc4)cc3)ccnc2c1. The van der Waals surface area contributed by atoms with Crippen LogP contribution in [0.25, 0.3) is 10.9 Å². The van der Waals surface area contributed by atoms with Gasteiger partial charge < -0.3 is 9.47 Å². The summed E-state index contributed by atoms with van der Waals surface area (Å²) in [6.45, 7) is 0.504. The number of nitrogens with zero attached hydrogens (tertiary/aromatic N) is 1. The summed E-state index contributed by atoms with van der Waals surface area (Å²) in [7, 11) is 1.64. The number of ether oxygens (including phenoxy) is 2. The first-order chi connectivity index (χ1) is 14.7. The summed E-state index contributed by atoms with van der Waals surface area (Å²) in [5, 5.41) is 1.01. The molecule has 1 heterocycles. The van der Waals surface area contributed by atoms with Gasteiger partial charge in [-0.1, -0.05) is 30.3 Å². The highest BCUT2D eigenvalue weighted by Gasteiger charge is 2.10. The van der Waals surface area contributed by atoms with Crippen molar-refractivity contribution in [3.8, 4) is 11.5 Å². The number of hydrogen-bond acceptors (Lipinski definition) is 5. The summed E-state index contributed by atoms with van der Waals surface area (Å²) in [5.41, 5.74) is 2.64. The van der Waals surface area contributed by atoms with Gasteiger partial charge in [-0.25, -0.2) is 0 Å². The summed E-state index contributed by atoms with van der Waals surface area (Å²) in [6.07, 6.45) is 1.76. The predicted octanol–water partition coefficient (Wildman–Crippen LogP) is 5.80. The number of aromatic nitrogens is 1. The third-order valence-electron chi connectivity index (χ3n) is 4.69. The standard InChI is InChI=1S/C25H21NO3S/c1-28-21-11-12-22-23(15-21)26-14-13-25(22)30-17-24(27)19-7-9-20(10-8-19)29-16-18-5-3-2-4-6-18/h2-15H,16-17H2,1H3. The van der Waals surface area contributed by atoms with Crippen LogP contribution in [0.1, 0.15) is 15.9 Å². The summed E-state index contributed by atoms with van der Waals surface area (Å²) in [6, 6.07) is 25.0. The van der Waals surface area contributed by atoms with Crippen LogP contribution in [-0.4, -0.2) is 23.6 Å². The van der Waals surface area contributed by atoms with Crippen molar-refractivity contribution in [1.29, 1.82) is 0 Å². The predicted molar refractivity (Wildman–Crippen MR) is 121 cm³/mol. The van der Waals surface area contributed by atoms with E-state index in [2.05, 4.69) is 4.98 Å². The van der Waals surface area contributed by atoms with E-state index in [0.717, 1.165) is 32.9 Å². The fourth-order valence-corrected chi connectivity index (χ4v) is 4.00. The van der Waals surface area contributed by atoms with Gasteiger partial charge in [-0.2, -0.15) is 0 Å². The second-order valence-electron chi connectivity index (χ2n) is 6.70. The smallest absolute Gasteiger partial charge is 0.173 e. The lowest BCUT2D eigenvalue weighted by Gasteiger charge is -2.08. The quantitative estimate of drug-likeness (QED) is 0.269. The van der Waals surface area contributed by atoms with E-state index in [4.69, 9.17) is 9.47 Å². The maximum atomic E-state index is 12.6. The number of fused-ring (bicyclic) bond motifs is 1. The number of pyridine rings is 1. The highest BCUT2D eigenvalue weighted by atomic mass is 32.2. The molecule has 4 rings (SSSR count). The van der Waals surface area contributed by atoms with Gasteiger partial charge in [-0.15, -0.1) is 11.8 Å². The van der Waals surface area contributed by atoms with Crippen LogP contribution in [-0.2, 0) is 6.61 Å². The van der Waals surface area contributed by atoms with E-state index >= 15 is 0 Å². The zero-order chi connectivity index (χ0) is 20.8. The largest absolute Gasteiger partial charge is 0.497 e. The van der Waals surface area contributed by atoms with Gasteiger partial charge in [0.05, 0.1) is 18.4 Å². The van der Waals surface area contributed by atoms with Crippen LogP contribution in [0.4, 0.5) is 0 Å². The van der Waals surface area contributed by atoms with Gasteiger partial charge in [0.15, 0.2) is 5.78 Å². The number of ketones is 1. The van der Waals surface area contributed by atoms with Crippen LogP contribution in [0.2, 0.25) is 0 Å². The second kappa shape index (κ2) is 9.46. The number of methoxy groups -OCH3 is 1. The molecule has 4 nitrogen and oxygen atoms in total. The van der Waals surface area contributed by atoms with Crippen molar-refractivity contribution < 1.29 is 14.3 Å². The molecule has 0 atom stereocenters. The second-order valence-corrected chi connectivity index (χ2v) is 7.72. The van der Waals surface area contributed by atoms with E-state index < -0.39 is 0 Å². The Morgan fingerprint density at radius 3 is 2.47 bits per heavy atom. The van der Waals surface area contributed by atoms with Gasteiger partial charge in [0.1, 0.15) is 18.1 Å². The van der Waals surface area contributed by atoms with E-state index in [9.17, 15) is 4.79 Å². The molecular formula is C25H21NO3S. The Kier molecular flexibility index (Phi) is 6.30. The normalized spacial score (nSPS) is 10.7. The van der Waals surface area contributed by atoms with Crippen LogP contribution >= 0.6 is 11.8 Å². The molecule has 5 heteroatoms. The average molecular weight is 416 g/mol. The maximum Gasteiger partial charge on any atom is 0.173 e. The van der Waals surface area contributed by atoms with Crippen LogP contribution in [0.3, 0.4) is 0 Å². The minimum Gasteiger partial charge on any atom is -0.497 e. The molecule has 0 radical (unpaired) electrons. The van der Waals surface area contributed by atoms with Crippen molar-refractivity contribution in [2.24, 2.45) is 0 Å². The van der Waals surface area contributed by atoms with Crippen LogP contribution in [0, 0.1) is 0 Å². The monoisotopic (exact) mass is 415 g/mol. The van der Waals surface area contributed by atoms with Gasteiger partial charge in [0, 0.05) is 28.1 Å². The summed E-state index contributed by atoms with van der Waals surface area (Å²) in [5.74, 6) is 1.95. The molecule has 0 amide bonds. The fourth-order valence-electron chi connectivity index (χ4n) is 3.06. The number of thioether (sulfide) groups is 1. The number of rotatable bonds is 8. The van der Waals surface area contributed by atoms with Crippen molar-refractivity contribution in [2.45, 2.75) is 11.5 Å². The minimum absolute atomic E-state index is 0.0769. The first-order valence-corrected chi connectivity index (χ1v) is 10.6. The molecule has 0 N–H and O–H groups in total. The fraction of sp³-hybridized carbons (Fsp3) is 0.120. The molecule has 3 aromatic carbocycles. The van der Waals surface area contributed by atoms with Crippen molar-refractivity contribution in [1.82, 2.24) is 4.98 Å². The number of benzene rings is 3. The third-order valence-corrected chi connectivity index (χ3v) is 5.77. The molecule has 0 aliphatic heterocycles. The lowest BCUT2D eigenvalue weighted by molar-refractivity contribution is 0.102. The molecule has 0 saturated carbocycles. The summed E-state index contributed by atoms with van der Waals surface area (Å²) < 4.78 is 11.0. The summed E-state index contributed by atoms with van der Waals surface area (Å²) >= 11 is 1.52. The molecule has 0 saturated heterocycles. The van der Waals surface area contributed by atoms with E-state index in [0.29, 0.717) is 17.9 Å². The van der Waals surface area contributed by atoms with E-state index in [-0.39, 0.29) is 5.78 Å². The van der Waals surface area contributed by atoms with Crippen molar-refractivity contribution in [3.63, 3.8) is 0 Å². The topological polar surface area (TPSA) is 48.4 Å². The average Bonchev–Trinajstić information content (AvgIpc) is 2.81. The Bertz CT molecular complexity index is 1140. The molecular weight excluding hydrogens is 394 g/mol. The minimum atomic E-state index is 0.0769. The maximum absolute atomic E-state index is 12.6. The molecule has 4 aromatic rings. The first kappa shape index (κ1) is 20.0. The number of carbonyl (C=O) groups is 1. The molecule has 1 aromatic heterocycles. The molecule has 0 bridgehead atoms. The highest BCUT2D eigenvalue weighted by molar-refractivity contribution is 8.00. The zero-order valence-electron chi connectivity index (χ0n) is 16.6. The van der Waals surface area contributed by atoms with Gasteiger partial charge >= 0.3 is 0 Å². The number of carbonyl (C=O) groups excluding carboxylic acids is 1. The third kappa shape index (κ3) is 4.81. The Balaban J connectivity index is 1.38. The molecule has 150 valence electrons. The lowest BCUT2D eigenvalue weighted by Crippen LogP contribution is -2.02. The number of Topliss-reactive ketones (excluding diaryl/α,β-unsaturated/α-hetero) is 1. The van der Waals surface area contributed by atoms with Gasteiger partial charge in [0.2, 0.25) is 0 Å². The van der Waals surface area contributed by atoms with Crippen LogP contribution in [0.5, 0.6) is 11.5 Å². The van der Waals surface area contributed by atoms with Gasteiger partial charge in [-0.3, -0.25) is 9.78 Å². The molecule has 0 aliphatic carbocycles. The van der Waals surface area contributed by atoms with Crippen molar-refractivity contribution in [2.75, 3.05) is 12.9 Å². The molecule has 0 spiro atoms. The Labute approximate surface area is 179 Å². The van der Waals surface area contributed by atoms with Crippen molar-refractivity contribution >= 4 is 28.4 Å². The highest BCUT2D eigenvalue weighted by Crippen LogP contribution is 2.29. The van der Waals surface area contributed by atoms with Gasteiger partial charge in [-0.05, 0) is 48.0 Å². The van der Waals surface area contributed by atoms with Crippen molar-refractivity contribution in [3.05, 3.63) is 96.2 Å². The Morgan fingerprint density at radius 1 is 0.933 bits per heavy atom. The molecule has 0 unspecified atom stereocenters. The number of hydrogen-bond donors (Lipinski definition) is 0. The zero-order valence-corrected chi connectivity index (χ0v) is 17.4. The van der Waals surface area contributed by atoms with Crippen LogP contribution in [0.15, 0.2) is 90.0 Å². The molecule has 0 aliphatic rings. The van der Waals surface area contributed by atoms with E-state index in [1.807, 2.05) is 78.9 Å². The lowest BCUT2D eigenvalue weighted by atomic mass is 10.1. The van der Waals surface area contributed by atoms with Crippen LogP contribution < -0.4 is 9.47 Å².